The summed E-state index contributed by atoms with van der Waals surface area (Å²) in [5, 5.41) is 5.93. The molecule has 0 radical (unpaired) electrons. The number of rotatable bonds is 8. The summed E-state index contributed by atoms with van der Waals surface area (Å²) in [5.41, 5.74) is 1.23. The van der Waals surface area contributed by atoms with Crippen LogP contribution in [0.15, 0.2) is 48.5 Å². The van der Waals surface area contributed by atoms with Gasteiger partial charge in [0.05, 0.1) is 12.7 Å². The quantitative estimate of drug-likeness (QED) is 0.609. The standard InChI is InChI=1S/C22H28N2O3S/c1-15(2)11-12-26-19-9-6-8-18(14-19)23-22(28)24-21(25)17-7-5-10-20(13-17)27-16(3)4/h5-10,13-16H,11-12H2,1-4H3,(H2,23,24,25,28). The predicted molar refractivity (Wildman–Crippen MR) is 117 cm³/mol. The third kappa shape index (κ3) is 7.56. The molecule has 0 aliphatic heterocycles. The van der Waals surface area contributed by atoms with Gasteiger partial charge in [-0.1, -0.05) is 26.0 Å². The number of nitrogens with one attached hydrogen (secondary N) is 2. The first-order valence-corrected chi connectivity index (χ1v) is 9.86. The van der Waals surface area contributed by atoms with Gasteiger partial charge in [0.25, 0.3) is 5.91 Å². The molecular weight excluding hydrogens is 372 g/mol. The molecule has 0 fully saturated rings. The first-order valence-electron chi connectivity index (χ1n) is 9.45. The molecule has 0 atom stereocenters. The van der Waals surface area contributed by atoms with Crippen molar-refractivity contribution in [2.24, 2.45) is 5.92 Å². The molecule has 0 saturated heterocycles. The van der Waals surface area contributed by atoms with E-state index in [-0.39, 0.29) is 17.1 Å². The first kappa shape index (κ1) is 21.7. The molecule has 1 amide bonds. The number of hydrogen-bond donors (Lipinski definition) is 2. The Morgan fingerprint density at radius 3 is 2.46 bits per heavy atom. The van der Waals surface area contributed by atoms with Gasteiger partial charge in [0.15, 0.2) is 5.11 Å². The third-order valence-corrected chi connectivity index (χ3v) is 3.96. The van der Waals surface area contributed by atoms with E-state index in [1.807, 2.05) is 44.2 Å². The van der Waals surface area contributed by atoms with Crippen molar-refractivity contribution in [3.63, 3.8) is 0 Å². The van der Waals surface area contributed by atoms with Crippen LogP contribution in [-0.4, -0.2) is 23.7 Å². The molecule has 0 aliphatic carbocycles. The van der Waals surface area contributed by atoms with Gasteiger partial charge in [0.1, 0.15) is 11.5 Å². The second-order valence-corrected chi connectivity index (χ2v) is 7.57. The minimum Gasteiger partial charge on any atom is -0.494 e. The van der Waals surface area contributed by atoms with E-state index in [1.54, 1.807) is 18.2 Å². The van der Waals surface area contributed by atoms with E-state index in [9.17, 15) is 4.79 Å². The molecule has 0 unspecified atom stereocenters. The van der Waals surface area contributed by atoms with Crippen LogP contribution in [0, 0.1) is 5.92 Å². The van der Waals surface area contributed by atoms with Crippen LogP contribution in [0.5, 0.6) is 11.5 Å². The van der Waals surface area contributed by atoms with Crippen molar-refractivity contribution in [2.45, 2.75) is 40.2 Å². The van der Waals surface area contributed by atoms with Gasteiger partial charge >= 0.3 is 0 Å². The fourth-order valence-electron chi connectivity index (χ4n) is 2.40. The molecule has 0 saturated carbocycles. The topological polar surface area (TPSA) is 59.6 Å². The summed E-state index contributed by atoms with van der Waals surface area (Å²) in [4.78, 5) is 12.4. The monoisotopic (exact) mass is 400 g/mol. The maximum atomic E-state index is 12.4. The molecule has 0 heterocycles. The van der Waals surface area contributed by atoms with Crippen molar-refractivity contribution in [1.29, 1.82) is 0 Å². The van der Waals surface area contributed by atoms with Crippen LogP contribution in [0.4, 0.5) is 5.69 Å². The Morgan fingerprint density at radius 2 is 1.75 bits per heavy atom. The number of amides is 1. The normalized spacial score (nSPS) is 10.6. The molecule has 0 aliphatic rings. The fraction of sp³-hybridized carbons (Fsp3) is 0.364. The Labute approximate surface area is 172 Å². The van der Waals surface area contributed by atoms with Gasteiger partial charge in [-0.05, 0) is 68.7 Å². The minimum absolute atomic E-state index is 0.0380. The van der Waals surface area contributed by atoms with Gasteiger partial charge in [0, 0.05) is 17.3 Å². The van der Waals surface area contributed by atoms with E-state index >= 15 is 0 Å². The summed E-state index contributed by atoms with van der Waals surface area (Å²) in [6.07, 6.45) is 1.03. The van der Waals surface area contributed by atoms with Crippen molar-refractivity contribution >= 4 is 28.9 Å². The number of carbonyl (C=O) groups is 1. The fourth-order valence-corrected chi connectivity index (χ4v) is 2.61. The first-order chi connectivity index (χ1) is 13.3. The summed E-state index contributed by atoms with van der Waals surface area (Å²) < 4.78 is 11.4. The molecular formula is C22H28N2O3S. The van der Waals surface area contributed by atoms with E-state index in [0.29, 0.717) is 23.8 Å². The summed E-state index contributed by atoms with van der Waals surface area (Å²) in [7, 11) is 0. The molecule has 28 heavy (non-hydrogen) atoms. The van der Waals surface area contributed by atoms with E-state index in [0.717, 1.165) is 17.9 Å². The van der Waals surface area contributed by atoms with Crippen molar-refractivity contribution in [3.8, 4) is 11.5 Å². The highest BCUT2D eigenvalue weighted by Gasteiger charge is 2.10. The van der Waals surface area contributed by atoms with Gasteiger partial charge in [-0.25, -0.2) is 0 Å². The molecule has 0 spiro atoms. The number of ether oxygens (including phenoxy) is 2. The Bertz CT molecular complexity index is 806. The zero-order valence-corrected chi connectivity index (χ0v) is 17.6. The number of carbonyl (C=O) groups excluding carboxylic acids is 1. The SMILES string of the molecule is CC(C)CCOc1cccc(NC(=S)NC(=O)c2cccc(OC(C)C)c2)c1. The highest BCUT2D eigenvalue weighted by molar-refractivity contribution is 7.80. The highest BCUT2D eigenvalue weighted by Crippen LogP contribution is 2.18. The molecule has 0 bridgehead atoms. The molecule has 2 aromatic rings. The van der Waals surface area contributed by atoms with E-state index in [1.165, 1.54) is 0 Å². The largest absolute Gasteiger partial charge is 0.494 e. The smallest absolute Gasteiger partial charge is 0.257 e. The second kappa shape index (κ2) is 10.7. The van der Waals surface area contributed by atoms with Crippen LogP contribution in [0.3, 0.4) is 0 Å². The van der Waals surface area contributed by atoms with E-state index in [2.05, 4.69) is 24.5 Å². The van der Waals surface area contributed by atoms with Crippen LogP contribution in [0.1, 0.15) is 44.5 Å². The molecule has 2 rings (SSSR count). The Kier molecular flexibility index (Phi) is 8.26. The van der Waals surface area contributed by atoms with Gasteiger partial charge in [-0.3, -0.25) is 10.1 Å². The Morgan fingerprint density at radius 1 is 1.04 bits per heavy atom. The molecule has 150 valence electrons. The minimum atomic E-state index is -0.295. The number of benzene rings is 2. The maximum absolute atomic E-state index is 12.4. The molecule has 5 nitrogen and oxygen atoms in total. The van der Waals surface area contributed by atoms with Crippen LogP contribution >= 0.6 is 12.2 Å². The summed E-state index contributed by atoms with van der Waals surface area (Å²) >= 11 is 5.26. The van der Waals surface area contributed by atoms with E-state index < -0.39 is 0 Å². The lowest BCUT2D eigenvalue weighted by Gasteiger charge is -2.13. The van der Waals surface area contributed by atoms with Crippen LogP contribution in [0.2, 0.25) is 0 Å². The number of thiocarbonyl (C=S) groups is 1. The number of hydrogen-bond acceptors (Lipinski definition) is 4. The van der Waals surface area contributed by atoms with Crippen molar-refractivity contribution < 1.29 is 14.3 Å². The van der Waals surface area contributed by atoms with Crippen molar-refractivity contribution in [3.05, 3.63) is 54.1 Å². The van der Waals surface area contributed by atoms with Gasteiger partial charge in [-0.2, -0.15) is 0 Å². The summed E-state index contributed by atoms with van der Waals surface area (Å²) in [6.45, 7) is 8.86. The number of anilines is 1. The zero-order chi connectivity index (χ0) is 20.5. The summed E-state index contributed by atoms with van der Waals surface area (Å²) in [6, 6.07) is 14.5. The third-order valence-electron chi connectivity index (χ3n) is 3.75. The van der Waals surface area contributed by atoms with Gasteiger partial charge < -0.3 is 14.8 Å². The van der Waals surface area contributed by atoms with Crippen LogP contribution in [0.25, 0.3) is 0 Å². The Hall–Kier alpha value is -2.60. The maximum Gasteiger partial charge on any atom is 0.257 e. The molecule has 0 aromatic heterocycles. The molecule has 2 N–H and O–H groups in total. The second-order valence-electron chi connectivity index (χ2n) is 7.16. The Balaban J connectivity index is 1.92. The lowest BCUT2D eigenvalue weighted by Crippen LogP contribution is -2.34. The molecule has 2 aromatic carbocycles. The van der Waals surface area contributed by atoms with Crippen molar-refractivity contribution in [1.82, 2.24) is 5.32 Å². The lowest BCUT2D eigenvalue weighted by molar-refractivity contribution is 0.0977. The van der Waals surface area contributed by atoms with Crippen LogP contribution < -0.4 is 20.1 Å². The predicted octanol–water partition coefficient (Wildman–Crippen LogP) is 5.03. The van der Waals surface area contributed by atoms with Gasteiger partial charge in [0.2, 0.25) is 0 Å². The molecule has 6 heteroatoms. The van der Waals surface area contributed by atoms with Crippen LogP contribution in [-0.2, 0) is 0 Å². The highest BCUT2D eigenvalue weighted by atomic mass is 32.1. The van der Waals surface area contributed by atoms with E-state index in [4.69, 9.17) is 21.7 Å². The average molecular weight is 401 g/mol. The van der Waals surface area contributed by atoms with Gasteiger partial charge in [-0.15, -0.1) is 0 Å². The summed E-state index contributed by atoms with van der Waals surface area (Å²) in [5.74, 6) is 1.70. The van der Waals surface area contributed by atoms with Crippen molar-refractivity contribution in [2.75, 3.05) is 11.9 Å². The average Bonchev–Trinajstić information content (AvgIpc) is 2.61. The zero-order valence-electron chi connectivity index (χ0n) is 16.8. The lowest BCUT2D eigenvalue weighted by atomic mass is 10.1.